The molecule has 34 heavy (non-hydrogen) atoms. The average molecular weight is 492 g/mol. The number of nitrogens with one attached hydrogen (secondary N) is 1. The number of halogens is 2. The monoisotopic (exact) mass is 491 g/mol. The fourth-order valence-corrected chi connectivity index (χ4v) is 5.08. The zero-order valence-electron chi connectivity index (χ0n) is 18.1. The van der Waals surface area contributed by atoms with Crippen LogP contribution in [-0.4, -0.2) is 26.1 Å². The zero-order valence-corrected chi connectivity index (χ0v) is 19.7. The molecule has 5 aromatic rings. The summed E-state index contributed by atoms with van der Waals surface area (Å²) in [7, 11) is 0. The van der Waals surface area contributed by atoms with Crippen LogP contribution in [0.15, 0.2) is 76.8 Å². The molecule has 5 nitrogen and oxygen atoms in total. The summed E-state index contributed by atoms with van der Waals surface area (Å²) in [5, 5.41) is 1.52. The highest BCUT2D eigenvalue weighted by atomic mass is 35.5. The van der Waals surface area contributed by atoms with Crippen LogP contribution in [0, 0.1) is 5.82 Å². The summed E-state index contributed by atoms with van der Waals surface area (Å²) in [5.74, 6) is -0.596. The van der Waals surface area contributed by atoms with Gasteiger partial charge < -0.3 is 4.98 Å². The number of thioether (sulfide) groups is 1. The van der Waals surface area contributed by atoms with E-state index in [0.717, 1.165) is 34.6 Å². The Morgan fingerprint density at radius 3 is 2.71 bits per heavy atom. The van der Waals surface area contributed by atoms with E-state index in [-0.39, 0.29) is 22.1 Å². The molecular weight excluding hydrogens is 473 g/mol. The predicted molar refractivity (Wildman–Crippen MR) is 135 cm³/mol. The van der Waals surface area contributed by atoms with Crippen molar-refractivity contribution in [2.45, 2.75) is 18.5 Å². The summed E-state index contributed by atoms with van der Waals surface area (Å²) in [6, 6.07) is 16.9. The predicted octanol–water partition coefficient (Wildman–Crippen LogP) is 6.20. The first-order valence-corrected chi connectivity index (χ1v) is 12.1. The second-order valence-corrected chi connectivity index (χ2v) is 9.11. The maximum absolute atomic E-state index is 13.8. The average Bonchev–Trinajstić information content (AvgIpc) is 3.29. The number of carbonyl (C=O) groups is 1. The van der Waals surface area contributed by atoms with Crippen molar-refractivity contribution in [1.29, 1.82) is 0 Å². The molecule has 0 fully saturated rings. The molecule has 2 aromatic heterocycles. The lowest BCUT2D eigenvalue weighted by atomic mass is 10.1. The van der Waals surface area contributed by atoms with E-state index in [9.17, 15) is 14.0 Å². The molecule has 3 aromatic carbocycles. The second kappa shape index (κ2) is 9.08. The van der Waals surface area contributed by atoms with E-state index in [1.165, 1.54) is 22.8 Å². The largest absolute Gasteiger partial charge is 0.360 e. The SMILES string of the molecule is CCc1cccc2c(C(=O)CSc3nc4ccccc4c(=O)n3-c3ccc(F)c(Cl)c3)c[nH]c12. The van der Waals surface area contributed by atoms with Gasteiger partial charge in [-0.2, -0.15) is 0 Å². The first-order chi connectivity index (χ1) is 16.5. The van der Waals surface area contributed by atoms with Crippen LogP contribution in [0.2, 0.25) is 5.02 Å². The molecule has 1 N–H and O–H groups in total. The van der Waals surface area contributed by atoms with Crippen molar-refractivity contribution in [3.8, 4) is 5.69 Å². The van der Waals surface area contributed by atoms with Gasteiger partial charge in [-0.25, -0.2) is 9.37 Å². The van der Waals surface area contributed by atoms with E-state index >= 15 is 0 Å². The van der Waals surface area contributed by atoms with Crippen LogP contribution in [0.25, 0.3) is 27.5 Å². The first kappa shape index (κ1) is 22.4. The lowest BCUT2D eigenvalue weighted by Crippen LogP contribution is -2.22. The first-order valence-electron chi connectivity index (χ1n) is 10.7. The molecule has 5 rings (SSSR count). The Morgan fingerprint density at radius 1 is 1.12 bits per heavy atom. The van der Waals surface area contributed by atoms with Gasteiger partial charge in [-0.3, -0.25) is 14.2 Å². The molecule has 0 bridgehead atoms. The highest BCUT2D eigenvalue weighted by molar-refractivity contribution is 7.99. The van der Waals surface area contributed by atoms with Crippen LogP contribution in [-0.2, 0) is 6.42 Å². The molecule has 0 aliphatic heterocycles. The standard InChI is InChI=1S/C26H19ClFN3O2S/c1-2-15-6-5-8-17-19(13-29-24(15)17)23(32)14-34-26-30-22-9-4-3-7-18(22)25(33)31(26)16-10-11-21(28)20(27)12-16/h3-13,29H,2,14H2,1H3. The maximum atomic E-state index is 13.8. The summed E-state index contributed by atoms with van der Waals surface area (Å²) in [6.07, 6.45) is 2.58. The number of hydrogen-bond acceptors (Lipinski definition) is 4. The summed E-state index contributed by atoms with van der Waals surface area (Å²) in [6.45, 7) is 2.07. The van der Waals surface area contributed by atoms with Gasteiger partial charge in [0.25, 0.3) is 5.56 Å². The Hall–Kier alpha value is -3.42. The van der Waals surface area contributed by atoms with Crippen LogP contribution in [0.4, 0.5) is 4.39 Å². The third-order valence-electron chi connectivity index (χ3n) is 5.72. The molecule has 0 saturated heterocycles. The summed E-state index contributed by atoms with van der Waals surface area (Å²) in [4.78, 5) is 34.4. The summed E-state index contributed by atoms with van der Waals surface area (Å²) >= 11 is 7.14. The molecule has 0 aliphatic carbocycles. The number of Topliss-reactive ketones (excluding diaryl/α,β-unsaturated/α-hetero) is 1. The van der Waals surface area contributed by atoms with Crippen LogP contribution >= 0.6 is 23.4 Å². The number of ketones is 1. The van der Waals surface area contributed by atoms with Crippen molar-refractivity contribution in [2.24, 2.45) is 0 Å². The Morgan fingerprint density at radius 2 is 1.91 bits per heavy atom. The van der Waals surface area contributed by atoms with Crippen molar-refractivity contribution in [1.82, 2.24) is 14.5 Å². The van der Waals surface area contributed by atoms with Crippen molar-refractivity contribution in [3.63, 3.8) is 0 Å². The van der Waals surface area contributed by atoms with E-state index in [2.05, 4.69) is 16.9 Å². The third-order valence-corrected chi connectivity index (χ3v) is 6.95. The fourth-order valence-electron chi connectivity index (χ4n) is 4.01. The number of fused-ring (bicyclic) bond motifs is 2. The van der Waals surface area contributed by atoms with Gasteiger partial charge >= 0.3 is 0 Å². The number of hydrogen-bond donors (Lipinski definition) is 1. The number of carbonyl (C=O) groups excluding carboxylic acids is 1. The minimum absolute atomic E-state index is 0.0724. The Balaban J connectivity index is 1.55. The number of aryl methyl sites for hydroxylation is 1. The van der Waals surface area contributed by atoms with Gasteiger partial charge in [-0.15, -0.1) is 0 Å². The highest BCUT2D eigenvalue weighted by Crippen LogP contribution is 2.27. The summed E-state index contributed by atoms with van der Waals surface area (Å²) < 4.78 is 15.1. The molecular formula is C26H19ClFN3O2S. The zero-order chi connectivity index (χ0) is 23.8. The molecule has 0 unspecified atom stereocenters. The number of aromatic nitrogens is 3. The van der Waals surface area contributed by atoms with Crippen molar-refractivity contribution in [3.05, 3.63) is 99.2 Å². The minimum Gasteiger partial charge on any atom is -0.360 e. The minimum atomic E-state index is -0.581. The molecule has 170 valence electrons. The van der Waals surface area contributed by atoms with Gasteiger partial charge in [0.2, 0.25) is 0 Å². The number of para-hydroxylation sites is 2. The topological polar surface area (TPSA) is 67.8 Å². The number of benzene rings is 3. The van der Waals surface area contributed by atoms with Gasteiger partial charge in [0.15, 0.2) is 10.9 Å². The smallest absolute Gasteiger partial charge is 0.266 e. The van der Waals surface area contributed by atoms with Gasteiger partial charge in [0.1, 0.15) is 5.82 Å². The Kier molecular flexibility index (Phi) is 5.98. The van der Waals surface area contributed by atoms with Crippen LogP contribution < -0.4 is 5.56 Å². The molecule has 0 aliphatic rings. The lowest BCUT2D eigenvalue weighted by molar-refractivity contribution is 0.102. The number of rotatable bonds is 6. The molecule has 0 atom stereocenters. The lowest BCUT2D eigenvalue weighted by Gasteiger charge is -2.13. The van der Waals surface area contributed by atoms with Crippen LogP contribution in [0.1, 0.15) is 22.8 Å². The molecule has 8 heteroatoms. The molecule has 0 spiro atoms. The van der Waals surface area contributed by atoms with Crippen molar-refractivity contribution >= 4 is 51.0 Å². The normalized spacial score (nSPS) is 11.4. The van der Waals surface area contributed by atoms with Crippen molar-refractivity contribution in [2.75, 3.05) is 5.75 Å². The van der Waals surface area contributed by atoms with E-state index in [0.29, 0.717) is 27.3 Å². The van der Waals surface area contributed by atoms with Crippen molar-refractivity contribution < 1.29 is 9.18 Å². The van der Waals surface area contributed by atoms with Gasteiger partial charge in [0, 0.05) is 22.7 Å². The Bertz CT molecular complexity index is 1630. The molecule has 2 heterocycles. The number of H-pyrrole nitrogens is 1. The fraction of sp³-hybridized carbons (Fsp3) is 0.115. The Labute approximate surface area is 203 Å². The number of nitrogens with zero attached hydrogens (tertiary/aromatic N) is 2. The molecule has 0 radical (unpaired) electrons. The summed E-state index contributed by atoms with van der Waals surface area (Å²) in [5.41, 5.74) is 3.28. The molecule has 0 saturated carbocycles. The quantitative estimate of drug-likeness (QED) is 0.174. The van der Waals surface area contributed by atoms with Gasteiger partial charge in [-0.05, 0) is 42.3 Å². The maximum Gasteiger partial charge on any atom is 0.266 e. The van der Waals surface area contributed by atoms with Crippen LogP contribution in [0.5, 0.6) is 0 Å². The van der Waals surface area contributed by atoms with E-state index < -0.39 is 5.82 Å². The highest BCUT2D eigenvalue weighted by Gasteiger charge is 2.18. The van der Waals surface area contributed by atoms with Gasteiger partial charge in [-0.1, -0.05) is 60.6 Å². The number of aromatic amines is 1. The van der Waals surface area contributed by atoms with E-state index in [4.69, 9.17) is 11.6 Å². The molecule has 0 amide bonds. The second-order valence-electron chi connectivity index (χ2n) is 7.76. The van der Waals surface area contributed by atoms with Crippen LogP contribution in [0.3, 0.4) is 0 Å². The van der Waals surface area contributed by atoms with E-state index in [1.807, 2.05) is 18.2 Å². The van der Waals surface area contributed by atoms with E-state index in [1.54, 1.807) is 30.5 Å². The van der Waals surface area contributed by atoms with Gasteiger partial charge in [0.05, 0.1) is 27.4 Å². The third kappa shape index (κ3) is 3.91.